The summed E-state index contributed by atoms with van der Waals surface area (Å²) in [4.78, 5) is 15.2. The SMILES string of the molecule is CCOCCOC1CCOC2(CCN(C(=O)c3[nH]nc4c3COc3ccccc3-4)CC2)C1. The van der Waals surface area contributed by atoms with Gasteiger partial charge in [-0.1, -0.05) is 12.1 Å². The lowest BCUT2D eigenvalue weighted by Gasteiger charge is -2.46. The summed E-state index contributed by atoms with van der Waals surface area (Å²) in [5, 5.41) is 7.43. The van der Waals surface area contributed by atoms with E-state index in [1.807, 2.05) is 36.1 Å². The topological polar surface area (TPSA) is 85.9 Å². The Hall–Kier alpha value is -2.42. The summed E-state index contributed by atoms with van der Waals surface area (Å²) in [6, 6.07) is 7.79. The summed E-state index contributed by atoms with van der Waals surface area (Å²) in [7, 11) is 0. The zero-order valence-electron chi connectivity index (χ0n) is 18.6. The smallest absolute Gasteiger partial charge is 0.272 e. The van der Waals surface area contributed by atoms with Gasteiger partial charge in [-0.2, -0.15) is 5.10 Å². The maximum Gasteiger partial charge on any atom is 0.272 e. The number of carbonyl (C=O) groups excluding carboxylic acids is 1. The van der Waals surface area contributed by atoms with Crippen LogP contribution in [0.3, 0.4) is 0 Å². The average Bonchev–Trinajstić information content (AvgIpc) is 3.27. The van der Waals surface area contributed by atoms with Crippen LogP contribution in [0.5, 0.6) is 5.75 Å². The van der Waals surface area contributed by atoms with Crippen LogP contribution in [0.1, 0.15) is 48.7 Å². The van der Waals surface area contributed by atoms with Crippen molar-refractivity contribution in [1.82, 2.24) is 15.1 Å². The second kappa shape index (κ2) is 9.21. The summed E-state index contributed by atoms with van der Waals surface area (Å²) >= 11 is 0. The summed E-state index contributed by atoms with van der Waals surface area (Å²) in [6.07, 6.45) is 3.63. The molecular formula is C24H31N3O5. The third kappa shape index (κ3) is 4.14. The van der Waals surface area contributed by atoms with Crippen LogP contribution in [0, 0.1) is 0 Å². The van der Waals surface area contributed by atoms with E-state index in [1.165, 1.54) is 0 Å². The van der Waals surface area contributed by atoms with E-state index in [0.29, 0.717) is 51.8 Å². The minimum absolute atomic E-state index is 0.0168. The molecule has 4 heterocycles. The number of amides is 1. The van der Waals surface area contributed by atoms with E-state index in [1.54, 1.807) is 0 Å². The molecule has 0 radical (unpaired) electrons. The predicted molar refractivity (Wildman–Crippen MR) is 118 cm³/mol. The average molecular weight is 442 g/mol. The normalized spacial score (nSPS) is 21.7. The Kier molecular flexibility index (Phi) is 6.17. The molecule has 32 heavy (non-hydrogen) atoms. The first-order valence-corrected chi connectivity index (χ1v) is 11.6. The van der Waals surface area contributed by atoms with Gasteiger partial charge in [0, 0.05) is 43.9 Å². The highest BCUT2D eigenvalue weighted by Gasteiger charge is 2.42. The second-order valence-electron chi connectivity index (χ2n) is 8.72. The number of likely N-dealkylation sites (tertiary alicyclic amines) is 1. The molecule has 2 aromatic rings. The van der Waals surface area contributed by atoms with Crippen molar-refractivity contribution in [3.05, 3.63) is 35.5 Å². The number of para-hydroxylation sites is 1. The number of benzene rings is 1. The van der Waals surface area contributed by atoms with E-state index >= 15 is 0 Å². The molecule has 172 valence electrons. The molecule has 1 aromatic carbocycles. The molecule has 1 spiro atoms. The monoisotopic (exact) mass is 441 g/mol. The van der Waals surface area contributed by atoms with Gasteiger partial charge in [-0.15, -0.1) is 0 Å². The van der Waals surface area contributed by atoms with Gasteiger partial charge in [0.15, 0.2) is 0 Å². The first-order valence-electron chi connectivity index (χ1n) is 11.6. The quantitative estimate of drug-likeness (QED) is 0.693. The van der Waals surface area contributed by atoms with Gasteiger partial charge in [0.2, 0.25) is 0 Å². The van der Waals surface area contributed by atoms with Crippen LogP contribution < -0.4 is 4.74 Å². The molecule has 8 nitrogen and oxygen atoms in total. The van der Waals surface area contributed by atoms with Gasteiger partial charge in [0.05, 0.1) is 24.9 Å². The number of nitrogens with zero attached hydrogens (tertiary/aromatic N) is 2. The molecule has 3 aliphatic rings. The molecule has 5 rings (SSSR count). The summed E-state index contributed by atoms with van der Waals surface area (Å²) in [5.41, 5.74) is 2.91. The molecule has 0 saturated carbocycles. The molecule has 1 aromatic heterocycles. The standard InChI is InChI=1S/C24H31N3O5/c1-2-29-13-14-30-17-7-12-32-24(15-17)8-10-27(11-9-24)23(28)22-19-16-31-20-6-4-3-5-18(20)21(19)25-26-22/h3-6,17H,2,7-16H2,1H3,(H,25,26). The van der Waals surface area contributed by atoms with Gasteiger partial charge in [-0.3, -0.25) is 9.89 Å². The van der Waals surface area contributed by atoms with Crippen molar-refractivity contribution in [2.24, 2.45) is 0 Å². The first kappa shape index (κ1) is 21.4. The Morgan fingerprint density at radius 1 is 1.28 bits per heavy atom. The van der Waals surface area contributed by atoms with Gasteiger partial charge in [-0.05, 0) is 38.3 Å². The number of hydrogen-bond donors (Lipinski definition) is 1. The molecule has 1 N–H and O–H groups in total. The molecule has 0 bridgehead atoms. The molecule has 3 aliphatic heterocycles. The van der Waals surface area contributed by atoms with Crippen LogP contribution in [0.4, 0.5) is 0 Å². The molecule has 0 aliphatic carbocycles. The van der Waals surface area contributed by atoms with E-state index < -0.39 is 0 Å². The first-order chi connectivity index (χ1) is 15.7. The number of aromatic nitrogens is 2. The van der Waals surface area contributed by atoms with Crippen molar-refractivity contribution >= 4 is 5.91 Å². The Bertz CT molecular complexity index is 951. The van der Waals surface area contributed by atoms with Crippen LogP contribution in [-0.2, 0) is 20.8 Å². The third-order valence-electron chi connectivity index (χ3n) is 6.79. The van der Waals surface area contributed by atoms with E-state index in [-0.39, 0.29) is 17.6 Å². The Morgan fingerprint density at radius 3 is 2.97 bits per heavy atom. The van der Waals surface area contributed by atoms with Crippen molar-refractivity contribution in [1.29, 1.82) is 0 Å². The van der Waals surface area contributed by atoms with Crippen molar-refractivity contribution in [2.45, 2.75) is 50.9 Å². The zero-order valence-corrected chi connectivity index (χ0v) is 18.6. The van der Waals surface area contributed by atoms with Gasteiger partial charge >= 0.3 is 0 Å². The number of ether oxygens (including phenoxy) is 4. The van der Waals surface area contributed by atoms with Crippen LogP contribution in [0.15, 0.2) is 24.3 Å². The number of fused-ring (bicyclic) bond motifs is 3. The van der Waals surface area contributed by atoms with E-state index in [2.05, 4.69) is 10.2 Å². The van der Waals surface area contributed by atoms with Crippen LogP contribution in [0.2, 0.25) is 0 Å². The fraction of sp³-hybridized carbons (Fsp3) is 0.583. The van der Waals surface area contributed by atoms with Gasteiger partial charge in [0.25, 0.3) is 5.91 Å². The van der Waals surface area contributed by atoms with Gasteiger partial charge in [-0.25, -0.2) is 0 Å². The number of rotatable bonds is 6. The highest BCUT2D eigenvalue weighted by atomic mass is 16.5. The minimum Gasteiger partial charge on any atom is -0.488 e. The minimum atomic E-state index is -0.194. The van der Waals surface area contributed by atoms with Crippen LogP contribution in [0.25, 0.3) is 11.3 Å². The molecular weight excluding hydrogens is 410 g/mol. The highest BCUT2D eigenvalue weighted by Crippen LogP contribution is 2.39. The summed E-state index contributed by atoms with van der Waals surface area (Å²) < 4.78 is 23.5. The van der Waals surface area contributed by atoms with Crippen LogP contribution in [-0.4, -0.2) is 72.2 Å². The number of carbonyl (C=O) groups is 1. The summed E-state index contributed by atoms with van der Waals surface area (Å²) in [5.74, 6) is 0.787. The van der Waals surface area contributed by atoms with E-state index in [9.17, 15) is 4.79 Å². The molecule has 2 saturated heterocycles. The molecule has 1 unspecified atom stereocenters. The molecule has 1 amide bonds. The lowest BCUT2D eigenvalue weighted by molar-refractivity contribution is -0.155. The van der Waals surface area contributed by atoms with Crippen molar-refractivity contribution in [2.75, 3.05) is 39.5 Å². The van der Waals surface area contributed by atoms with Crippen molar-refractivity contribution in [3.8, 4) is 17.0 Å². The van der Waals surface area contributed by atoms with Crippen LogP contribution >= 0.6 is 0 Å². The number of hydrogen-bond acceptors (Lipinski definition) is 6. The third-order valence-corrected chi connectivity index (χ3v) is 6.79. The molecule has 1 atom stereocenters. The van der Waals surface area contributed by atoms with E-state index in [4.69, 9.17) is 18.9 Å². The Balaban J connectivity index is 1.21. The largest absolute Gasteiger partial charge is 0.488 e. The maximum atomic E-state index is 13.3. The fourth-order valence-corrected chi connectivity index (χ4v) is 5.01. The zero-order chi connectivity index (χ0) is 22.0. The molecule has 2 fully saturated rings. The fourth-order valence-electron chi connectivity index (χ4n) is 5.01. The number of nitrogens with one attached hydrogen (secondary N) is 1. The Morgan fingerprint density at radius 2 is 2.12 bits per heavy atom. The number of aromatic amines is 1. The van der Waals surface area contributed by atoms with E-state index in [0.717, 1.165) is 48.3 Å². The predicted octanol–water partition coefficient (Wildman–Crippen LogP) is 3.18. The lowest BCUT2D eigenvalue weighted by Crippen LogP contribution is -2.52. The maximum absolute atomic E-state index is 13.3. The van der Waals surface area contributed by atoms with Crippen molar-refractivity contribution < 1.29 is 23.7 Å². The number of piperidine rings is 1. The number of H-pyrrole nitrogens is 1. The lowest BCUT2D eigenvalue weighted by atomic mass is 9.83. The van der Waals surface area contributed by atoms with Gasteiger partial charge < -0.3 is 23.8 Å². The highest BCUT2D eigenvalue weighted by molar-refractivity contribution is 5.96. The van der Waals surface area contributed by atoms with Crippen molar-refractivity contribution in [3.63, 3.8) is 0 Å². The Labute approximate surface area is 188 Å². The second-order valence-corrected chi connectivity index (χ2v) is 8.72. The van der Waals surface area contributed by atoms with Gasteiger partial charge in [0.1, 0.15) is 23.7 Å². The molecule has 8 heteroatoms. The summed E-state index contributed by atoms with van der Waals surface area (Å²) in [6.45, 7) is 6.34.